The van der Waals surface area contributed by atoms with Crippen LogP contribution in [0.2, 0.25) is 5.02 Å². The van der Waals surface area contributed by atoms with Gasteiger partial charge in [-0.15, -0.1) is 0 Å². The van der Waals surface area contributed by atoms with Crippen molar-refractivity contribution in [1.29, 1.82) is 0 Å². The average Bonchev–Trinajstić information content (AvgIpc) is 2.09. The zero-order valence-corrected chi connectivity index (χ0v) is 8.57. The first-order chi connectivity index (χ1) is 6.65. The van der Waals surface area contributed by atoms with Crippen LogP contribution in [-0.2, 0) is 0 Å². The quantitative estimate of drug-likeness (QED) is 0.702. The lowest BCUT2D eigenvalue weighted by Crippen LogP contribution is -2.01. The van der Waals surface area contributed by atoms with E-state index in [1.807, 2.05) is 6.92 Å². The number of rotatable bonds is 4. The van der Waals surface area contributed by atoms with Crippen molar-refractivity contribution in [2.75, 3.05) is 6.61 Å². The molecule has 0 atom stereocenters. The van der Waals surface area contributed by atoms with Crippen molar-refractivity contribution >= 4 is 11.6 Å². The van der Waals surface area contributed by atoms with Gasteiger partial charge in [-0.2, -0.15) is 0 Å². The highest BCUT2D eigenvalue weighted by atomic mass is 35.5. The van der Waals surface area contributed by atoms with Crippen molar-refractivity contribution in [3.05, 3.63) is 28.8 Å². The third-order valence-electron chi connectivity index (χ3n) is 1.71. The molecule has 0 amide bonds. The highest BCUT2D eigenvalue weighted by molar-refractivity contribution is 6.30. The number of ether oxygens (including phenoxy) is 1. The Morgan fingerprint density at radius 3 is 2.36 bits per heavy atom. The van der Waals surface area contributed by atoms with Crippen LogP contribution in [0, 0.1) is 11.6 Å². The van der Waals surface area contributed by atoms with E-state index in [2.05, 4.69) is 0 Å². The predicted octanol–water partition coefficient (Wildman–Crippen LogP) is 3.80. The molecule has 0 bridgehead atoms. The summed E-state index contributed by atoms with van der Waals surface area (Å²) in [5, 5.41) is 0.0304. The third-order valence-corrected chi connectivity index (χ3v) is 1.93. The minimum absolute atomic E-state index is 0.0304. The normalized spacial score (nSPS) is 10.3. The molecule has 0 heterocycles. The Bertz CT molecular complexity index is 292. The third kappa shape index (κ3) is 2.84. The maximum Gasteiger partial charge on any atom is 0.190 e. The molecule has 0 saturated heterocycles. The smallest absolute Gasteiger partial charge is 0.190 e. The molecule has 1 nitrogen and oxygen atoms in total. The van der Waals surface area contributed by atoms with Gasteiger partial charge >= 0.3 is 0 Å². The van der Waals surface area contributed by atoms with Crippen molar-refractivity contribution in [3.63, 3.8) is 0 Å². The standard InChI is InChI=1S/C10H11ClF2O/c1-2-3-4-14-10-8(12)5-7(11)6-9(10)13/h5-6H,2-4H2,1H3. The highest BCUT2D eigenvalue weighted by Gasteiger charge is 2.11. The Hall–Kier alpha value is -0.830. The fraction of sp³-hybridized carbons (Fsp3) is 0.400. The van der Waals surface area contributed by atoms with E-state index < -0.39 is 11.6 Å². The van der Waals surface area contributed by atoms with Crippen LogP contribution in [0.4, 0.5) is 8.78 Å². The van der Waals surface area contributed by atoms with Crippen LogP contribution >= 0.6 is 11.6 Å². The van der Waals surface area contributed by atoms with Crippen LogP contribution in [0.15, 0.2) is 12.1 Å². The number of hydrogen-bond donors (Lipinski definition) is 0. The molecule has 0 unspecified atom stereocenters. The molecular weight excluding hydrogens is 210 g/mol. The molecule has 1 rings (SSSR count). The molecule has 0 aromatic heterocycles. The van der Waals surface area contributed by atoms with Gasteiger partial charge in [0.1, 0.15) is 0 Å². The van der Waals surface area contributed by atoms with Gasteiger partial charge in [0.2, 0.25) is 0 Å². The van der Waals surface area contributed by atoms with E-state index in [9.17, 15) is 8.78 Å². The van der Waals surface area contributed by atoms with E-state index in [1.165, 1.54) is 0 Å². The maximum absolute atomic E-state index is 13.1. The van der Waals surface area contributed by atoms with Crippen molar-refractivity contribution < 1.29 is 13.5 Å². The Morgan fingerprint density at radius 2 is 1.86 bits per heavy atom. The van der Waals surface area contributed by atoms with Gasteiger partial charge in [-0.25, -0.2) is 8.78 Å². The van der Waals surface area contributed by atoms with Gasteiger partial charge < -0.3 is 4.74 Å². The molecule has 0 aliphatic heterocycles. The minimum Gasteiger partial charge on any atom is -0.488 e. The van der Waals surface area contributed by atoms with Crippen molar-refractivity contribution in [2.45, 2.75) is 19.8 Å². The second-order valence-corrected chi connectivity index (χ2v) is 3.34. The Kier molecular flexibility index (Phi) is 4.14. The summed E-state index contributed by atoms with van der Waals surface area (Å²) in [5.41, 5.74) is 0. The number of hydrogen-bond acceptors (Lipinski definition) is 1. The lowest BCUT2D eigenvalue weighted by atomic mass is 10.3. The molecule has 0 fully saturated rings. The summed E-state index contributed by atoms with van der Waals surface area (Å²) in [6, 6.07) is 2.07. The largest absolute Gasteiger partial charge is 0.488 e. The maximum atomic E-state index is 13.1. The molecular formula is C10H11ClF2O. The first-order valence-corrected chi connectivity index (χ1v) is 4.80. The van der Waals surface area contributed by atoms with E-state index in [0.717, 1.165) is 25.0 Å². The lowest BCUT2D eigenvalue weighted by molar-refractivity contribution is 0.278. The molecule has 78 valence electrons. The zero-order valence-electron chi connectivity index (χ0n) is 7.82. The van der Waals surface area contributed by atoms with Gasteiger partial charge in [0.15, 0.2) is 17.4 Å². The van der Waals surface area contributed by atoms with E-state index in [0.29, 0.717) is 6.61 Å². The molecule has 4 heteroatoms. The summed E-state index contributed by atoms with van der Waals surface area (Å²) in [7, 11) is 0. The number of halogens is 3. The first kappa shape index (κ1) is 11.2. The predicted molar refractivity (Wildman–Crippen MR) is 51.8 cm³/mol. The molecule has 0 aliphatic rings. The van der Waals surface area contributed by atoms with Crippen molar-refractivity contribution in [3.8, 4) is 5.75 Å². The number of benzene rings is 1. The first-order valence-electron chi connectivity index (χ1n) is 4.42. The second-order valence-electron chi connectivity index (χ2n) is 2.90. The van der Waals surface area contributed by atoms with Crippen LogP contribution in [0.25, 0.3) is 0 Å². The SMILES string of the molecule is CCCCOc1c(F)cc(Cl)cc1F. The summed E-state index contributed by atoms with van der Waals surface area (Å²) >= 11 is 5.45. The van der Waals surface area contributed by atoms with Crippen molar-refractivity contribution in [1.82, 2.24) is 0 Å². The van der Waals surface area contributed by atoms with Gasteiger partial charge in [0.05, 0.1) is 6.61 Å². The van der Waals surface area contributed by atoms with E-state index in [-0.39, 0.29) is 10.8 Å². The van der Waals surface area contributed by atoms with Crippen LogP contribution in [0.5, 0.6) is 5.75 Å². The molecule has 0 aliphatic carbocycles. The summed E-state index contributed by atoms with van der Waals surface area (Å²) in [6.07, 6.45) is 1.68. The monoisotopic (exact) mass is 220 g/mol. The van der Waals surface area contributed by atoms with Crippen LogP contribution in [0.3, 0.4) is 0 Å². The van der Waals surface area contributed by atoms with Gasteiger partial charge in [0.25, 0.3) is 0 Å². The Morgan fingerprint density at radius 1 is 1.29 bits per heavy atom. The topological polar surface area (TPSA) is 9.23 Å². The molecule has 0 radical (unpaired) electrons. The summed E-state index contributed by atoms with van der Waals surface area (Å²) < 4.78 is 31.1. The molecule has 1 aromatic carbocycles. The molecule has 14 heavy (non-hydrogen) atoms. The van der Waals surface area contributed by atoms with Crippen molar-refractivity contribution in [2.24, 2.45) is 0 Å². The zero-order chi connectivity index (χ0) is 10.6. The number of unbranched alkanes of at least 4 members (excludes halogenated alkanes) is 1. The van der Waals surface area contributed by atoms with Gasteiger partial charge in [-0.1, -0.05) is 24.9 Å². The summed E-state index contributed by atoms with van der Waals surface area (Å²) in [4.78, 5) is 0. The molecule has 0 saturated carbocycles. The summed E-state index contributed by atoms with van der Waals surface area (Å²) in [5.74, 6) is -1.86. The minimum atomic E-state index is -0.758. The van der Waals surface area contributed by atoms with Crippen LogP contribution < -0.4 is 4.74 Å². The van der Waals surface area contributed by atoms with Crippen LogP contribution in [-0.4, -0.2) is 6.61 Å². The summed E-state index contributed by atoms with van der Waals surface area (Å²) in [6.45, 7) is 2.28. The highest BCUT2D eigenvalue weighted by Crippen LogP contribution is 2.25. The van der Waals surface area contributed by atoms with E-state index in [1.54, 1.807) is 0 Å². The average molecular weight is 221 g/mol. The van der Waals surface area contributed by atoms with E-state index in [4.69, 9.17) is 16.3 Å². The van der Waals surface area contributed by atoms with Gasteiger partial charge in [-0.05, 0) is 18.6 Å². The van der Waals surface area contributed by atoms with Crippen LogP contribution in [0.1, 0.15) is 19.8 Å². The van der Waals surface area contributed by atoms with E-state index >= 15 is 0 Å². The second kappa shape index (κ2) is 5.15. The molecule has 1 aromatic rings. The fourth-order valence-electron chi connectivity index (χ4n) is 0.985. The van der Waals surface area contributed by atoms with Gasteiger partial charge in [-0.3, -0.25) is 0 Å². The Labute approximate surface area is 86.6 Å². The molecule has 0 spiro atoms. The lowest BCUT2D eigenvalue weighted by Gasteiger charge is -2.07. The fourth-order valence-corrected chi connectivity index (χ4v) is 1.18. The molecule has 0 N–H and O–H groups in total. The van der Waals surface area contributed by atoms with Gasteiger partial charge in [0, 0.05) is 5.02 Å². The Balaban J connectivity index is 2.75.